The number of hydrogen-bond donors (Lipinski definition) is 2. The van der Waals surface area contributed by atoms with Crippen LogP contribution in [0.3, 0.4) is 0 Å². The van der Waals surface area contributed by atoms with Crippen molar-refractivity contribution in [1.82, 2.24) is 4.98 Å². The van der Waals surface area contributed by atoms with Crippen molar-refractivity contribution in [2.24, 2.45) is 5.41 Å². The monoisotopic (exact) mass is 577 g/mol. The van der Waals surface area contributed by atoms with Crippen LogP contribution in [0.15, 0.2) is 29.2 Å². The number of benzene rings is 1. The van der Waals surface area contributed by atoms with Gasteiger partial charge in [0, 0.05) is 20.4 Å². The largest absolute Gasteiger partial charge is 0.388 e. The van der Waals surface area contributed by atoms with Crippen molar-refractivity contribution >= 4 is 32.8 Å². The van der Waals surface area contributed by atoms with Gasteiger partial charge in [0.15, 0.2) is 0 Å². The molecule has 0 saturated carbocycles. The van der Waals surface area contributed by atoms with E-state index in [2.05, 4.69) is 0 Å². The van der Waals surface area contributed by atoms with Gasteiger partial charge in [-0.15, -0.1) is 0 Å². The van der Waals surface area contributed by atoms with E-state index in [0.717, 1.165) is 17.8 Å². The standard InChI is InChI=1S/C21H25F5INO2S/c1-11(2)19-17(18(27)16-14(28-19)9-21(3,4)10-15(16)29)20(30)12-5-7-13(8-6-12)31(22,23,24,25)26/h5-8,11,15,20,29-30H,9-10H2,1-4H3/t15?,20-/m1/s1. The van der Waals surface area contributed by atoms with Crippen LogP contribution >= 0.6 is 32.8 Å². The Hall–Kier alpha value is -0.980. The van der Waals surface area contributed by atoms with Crippen molar-refractivity contribution in [3.05, 3.63) is 55.9 Å². The minimum atomic E-state index is -9.79. The van der Waals surface area contributed by atoms with Crippen molar-refractivity contribution in [3.63, 3.8) is 0 Å². The summed E-state index contributed by atoms with van der Waals surface area (Å²) in [5.74, 6) is -0.116. The highest BCUT2D eigenvalue weighted by atomic mass is 127. The Bertz CT molecular complexity index is 1020. The SMILES string of the molecule is CC(C)c1nc2c(c(I)c1[C@H](O)c1ccc(S(F)(F)(F)(F)F)cc1)C(O)CC(C)(C)C2. The van der Waals surface area contributed by atoms with Gasteiger partial charge in [0.25, 0.3) is 0 Å². The van der Waals surface area contributed by atoms with Crippen LogP contribution in [-0.4, -0.2) is 15.2 Å². The molecule has 1 aliphatic carbocycles. The Morgan fingerprint density at radius 1 is 1.10 bits per heavy atom. The van der Waals surface area contributed by atoms with Gasteiger partial charge in [-0.2, -0.15) is 0 Å². The van der Waals surface area contributed by atoms with Gasteiger partial charge in [-0.05, 0) is 64.5 Å². The van der Waals surface area contributed by atoms with Crippen LogP contribution in [0, 0.1) is 8.99 Å². The van der Waals surface area contributed by atoms with Gasteiger partial charge in [-0.1, -0.05) is 59.3 Å². The van der Waals surface area contributed by atoms with Crippen LogP contribution in [0.25, 0.3) is 0 Å². The van der Waals surface area contributed by atoms with Gasteiger partial charge in [0.1, 0.15) is 11.0 Å². The first-order valence-corrected chi connectivity index (χ1v) is 12.8. The highest BCUT2D eigenvalue weighted by molar-refractivity contribution is 14.1. The van der Waals surface area contributed by atoms with E-state index in [4.69, 9.17) is 4.98 Å². The molecule has 0 amide bonds. The molecule has 0 bridgehead atoms. The molecule has 0 saturated heterocycles. The molecule has 1 aromatic heterocycles. The third-order valence-corrected chi connectivity index (χ3v) is 7.83. The molecule has 2 N–H and O–H groups in total. The van der Waals surface area contributed by atoms with Crippen molar-refractivity contribution in [1.29, 1.82) is 0 Å². The molecule has 1 aromatic carbocycles. The van der Waals surface area contributed by atoms with E-state index in [-0.39, 0.29) is 16.9 Å². The number of rotatable bonds is 4. The van der Waals surface area contributed by atoms with E-state index >= 15 is 0 Å². The predicted molar refractivity (Wildman–Crippen MR) is 120 cm³/mol. The zero-order valence-electron chi connectivity index (χ0n) is 17.5. The molecule has 3 rings (SSSR count). The van der Waals surface area contributed by atoms with Crippen LogP contribution in [0.4, 0.5) is 19.4 Å². The quantitative estimate of drug-likeness (QED) is 0.292. The van der Waals surface area contributed by atoms with Crippen LogP contribution in [0.1, 0.15) is 80.3 Å². The van der Waals surface area contributed by atoms with Crippen molar-refractivity contribution < 1.29 is 29.6 Å². The molecule has 174 valence electrons. The number of pyridine rings is 1. The Morgan fingerprint density at radius 2 is 1.65 bits per heavy atom. The Morgan fingerprint density at radius 3 is 2.13 bits per heavy atom. The average Bonchev–Trinajstić information content (AvgIpc) is 2.57. The van der Waals surface area contributed by atoms with Gasteiger partial charge < -0.3 is 10.2 Å². The fraction of sp³-hybridized carbons (Fsp3) is 0.476. The lowest BCUT2D eigenvalue weighted by atomic mass is 9.74. The third-order valence-electron chi connectivity index (χ3n) is 5.50. The number of aliphatic hydroxyl groups is 2. The molecule has 3 nitrogen and oxygen atoms in total. The molecule has 0 spiro atoms. The number of hydrogen-bond acceptors (Lipinski definition) is 3. The van der Waals surface area contributed by atoms with E-state index in [0.29, 0.717) is 45.4 Å². The molecule has 1 unspecified atom stereocenters. The summed E-state index contributed by atoms with van der Waals surface area (Å²) in [6.07, 6.45) is -1.02. The fourth-order valence-corrected chi connectivity index (χ4v) is 5.94. The van der Waals surface area contributed by atoms with E-state index < -0.39 is 27.3 Å². The number of halogens is 6. The fourth-order valence-electron chi connectivity index (χ4n) is 4.05. The average molecular weight is 577 g/mol. The topological polar surface area (TPSA) is 53.4 Å². The molecular weight excluding hydrogens is 552 g/mol. The number of nitrogens with zero attached hydrogens (tertiary/aromatic N) is 1. The maximum Gasteiger partial charge on any atom is 0.310 e. The molecule has 0 radical (unpaired) electrons. The van der Waals surface area contributed by atoms with Crippen LogP contribution in [-0.2, 0) is 6.42 Å². The Kier molecular flexibility index (Phi) is 5.57. The van der Waals surface area contributed by atoms with Crippen LogP contribution < -0.4 is 0 Å². The normalized spacial score (nSPS) is 21.9. The summed E-state index contributed by atoms with van der Waals surface area (Å²) in [6.45, 7) is 7.82. The number of aliphatic hydroxyl groups excluding tert-OH is 2. The van der Waals surface area contributed by atoms with Gasteiger partial charge in [-0.25, -0.2) is 0 Å². The van der Waals surface area contributed by atoms with Gasteiger partial charge in [0.2, 0.25) is 0 Å². The highest BCUT2D eigenvalue weighted by Gasteiger charge is 2.65. The zero-order chi connectivity index (χ0) is 23.6. The summed E-state index contributed by atoms with van der Waals surface area (Å²) >= 11 is 2.02. The van der Waals surface area contributed by atoms with Crippen molar-refractivity contribution in [2.75, 3.05) is 0 Å². The first-order valence-electron chi connectivity index (χ1n) is 9.73. The maximum absolute atomic E-state index is 13.0. The molecule has 2 aromatic rings. The summed E-state index contributed by atoms with van der Waals surface area (Å²) in [6, 6.07) is 2.31. The minimum Gasteiger partial charge on any atom is -0.388 e. The van der Waals surface area contributed by atoms with E-state index in [1.54, 1.807) is 0 Å². The predicted octanol–water partition coefficient (Wildman–Crippen LogP) is 7.55. The summed E-state index contributed by atoms with van der Waals surface area (Å²) in [5.41, 5.74) is 2.19. The second-order valence-electron chi connectivity index (χ2n) is 9.24. The number of aromatic nitrogens is 1. The van der Waals surface area contributed by atoms with Gasteiger partial charge >= 0.3 is 10.2 Å². The Balaban J connectivity index is 2.14. The summed E-state index contributed by atoms with van der Waals surface area (Å²) in [4.78, 5) is 2.72. The maximum atomic E-state index is 13.0. The van der Waals surface area contributed by atoms with Gasteiger partial charge in [-0.3, -0.25) is 4.98 Å². The first kappa shape index (κ1) is 24.7. The Labute approximate surface area is 192 Å². The number of fused-ring (bicyclic) bond motifs is 1. The zero-order valence-corrected chi connectivity index (χ0v) is 20.4. The summed E-state index contributed by atoms with van der Waals surface area (Å²) < 4.78 is 65.7. The highest BCUT2D eigenvalue weighted by Crippen LogP contribution is 3.02. The smallest absolute Gasteiger partial charge is 0.310 e. The van der Waals surface area contributed by atoms with E-state index in [1.807, 2.05) is 50.3 Å². The first-order chi connectivity index (χ1) is 13.8. The lowest BCUT2D eigenvalue weighted by molar-refractivity contribution is 0.0966. The molecule has 0 fully saturated rings. The molecule has 2 atom stereocenters. The van der Waals surface area contributed by atoms with Crippen LogP contribution in [0.5, 0.6) is 0 Å². The molecule has 1 aliphatic rings. The molecule has 0 aliphatic heterocycles. The lowest BCUT2D eigenvalue weighted by Gasteiger charge is -2.40. The van der Waals surface area contributed by atoms with E-state index in [9.17, 15) is 29.6 Å². The van der Waals surface area contributed by atoms with Crippen molar-refractivity contribution in [2.45, 2.75) is 63.6 Å². The molecular formula is C21H25F5INO2S. The summed E-state index contributed by atoms with van der Waals surface area (Å²) in [7, 11) is -9.79. The van der Waals surface area contributed by atoms with E-state index in [1.165, 1.54) is 0 Å². The second kappa shape index (κ2) is 7.01. The van der Waals surface area contributed by atoms with Crippen LogP contribution in [0.2, 0.25) is 0 Å². The van der Waals surface area contributed by atoms with Gasteiger partial charge in [0.05, 0.1) is 11.8 Å². The lowest BCUT2D eigenvalue weighted by Crippen LogP contribution is -2.29. The third kappa shape index (κ3) is 5.01. The minimum absolute atomic E-state index is 0.0396. The second-order valence-corrected chi connectivity index (χ2v) is 12.7. The van der Waals surface area contributed by atoms with Crippen molar-refractivity contribution in [3.8, 4) is 0 Å². The molecule has 10 heteroatoms. The molecule has 1 heterocycles. The molecule has 31 heavy (non-hydrogen) atoms. The summed E-state index contributed by atoms with van der Waals surface area (Å²) in [5, 5.41) is 21.8.